The Morgan fingerprint density at radius 1 is 1.21 bits per heavy atom. The van der Waals surface area contributed by atoms with Gasteiger partial charge in [-0.25, -0.2) is 4.98 Å². The van der Waals surface area contributed by atoms with E-state index in [0.717, 1.165) is 40.4 Å². The highest BCUT2D eigenvalue weighted by molar-refractivity contribution is 7.09. The van der Waals surface area contributed by atoms with Gasteiger partial charge < -0.3 is 9.30 Å². The minimum absolute atomic E-state index is 0.313. The van der Waals surface area contributed by atoms with Crippen LogP contribution in [0.5, 0.6) is 0 Å². The van der Waals surface area contributed by atoms with Crippen molar-refractivity contribution in [3.8, 4) is 21.8 Å². The molecule has 2 aliphatic rings. The third-order valence-electron chi connectivity index (χ3n) is 5.14. The standard InChI is InChI=1S/C18H18N4OS/c1-11-18(24-21-20-11)17-16(12-5-3-2-4-6-12)19-10-22(17)14-9-13-7-8-15(14)23-13/h2-6,10,13-15H,7-9H2,1H3/t13-,14-,15+/m1/s1. The molecule has 4 heterocycles. The van der Waals surface area contributed by atoms with Crippen molar-refractivity contribution in [1.29, 1.82) is 0 Å². The van der Waals surface area contributed by atoms with Gasteiger partial charge in [-0.1, -0.05) is 34.8 Å². The van der Waals surface area contributed by atoms with Gasteiger partial charge >= 0.3 is 0 Å². The van der Waals surface area contributed by atoms with Crippen LogP contribution in [0.2, 0.25) is 0 Å². The van der Waals surface area contributed by atoms with Gasteiger partial charge in [0.05, 0.1) is 46.5 Å². The smallest absolute Gasteiger partial charge is 0.0973 e. The SMILES string of the molecule is Cc1nnsc1-c1c(-c2ccccc2)ncn1[C@@H]1C[C@H]2CC[C@@H]1O2. The Kier molecular flexibility index (Phi) is 3.28. The van der Waals surface area contributed by atoms with E-state index < -0.39 is 0 Å². The van der Waals surface area contributed by atoms with Crippen LogP contribution in [0.15, 0.2) is 36.7 Å². The summed E-state index contributed by atoms with van der Waals surface area (Å²) >= 11 is 1.45. The highest BCUT2D eigenvalue weighted by Gasteiger charge is 2.43. The predicted molar refractivity (Wildman–Crippen MR) is 92.9 cm³/mol. The summed E-state index contributed by atoms with van der Waals surface area (Å²) in [5, 5.41) is 4.22. The normalized spacial score (nSPS) is 25.5. The lowest BCUT2D eigenvalue weighted by Crippen LogP contribution is -2.21. The first-order valence-corrected chi connectivity index (χ1v) is 9.15. The van der Waals surface area contributed by atoms with E-state index in [1.165, 1.54) is 18.0 Å². The van der Waals surface area contributed by atoms with E-state index in [1.807, 2.05) is 19.3 Å². The van der Waals surface area contributed by atoms with Gasteiger partial charge in [-0.15, -0.1) is 5.10 Å². The molecule has 0 amide bonds. The number of fused-ring (bicyclic) bond motifs is 2. The first-order chi connectivity index (χ1) is 11.8. The fraction of sp³-hybridized carbons (Fsp3) is 0.389. The first-order valence-electron chi connectivity index (χ1n) is 8.38. The Morgan fingerprint density at radius 3 is 2.75 bits per heavy atom. The molecule has 0 saturated carbocycles. The molecule has 5 rings (SSSR count). The monoisotopic (exact) mass is 338 g/mol. The second-order valence-electron chi connectivity index (χ2n) is 6.58. The van der Waals surface area contributed by atoms with Crippen LogP contribution in [0, 0.1) is 6.92 Å². The van der Waals surface area contributed by atoms with Crippen molar-refractivity contribution in [2.75, 3.05) is 0 Å². The lowest BCUT2D eigenvalue weighted by atomic mass is 9.95. The van der Waals surface area contributed by atoms with Crippen LogP contribution in [0.4, 0.5) is 0 Å². The zero-order chi connectivity index (χ0) is 16.1. The molecule has 0 N–H and O–H groups in total. The van der Waals surface area contributed by atoms with Crippen molar-refractivity contribution in [1.82, 2.24) is 19.1 Å². The molecule has 5 nitrogen and oxygen atoms in total. The number of imidazole rings is 1. The number of ether oxygens (including phenoxy) is 1. The zero-order valence-electron chi connectivity index (χ0n) is 13.4. The molecule has 0 unspecified atom stereocenters. The van der Waals surface area contributed by atoms with Gasteiger partial charge in [-0.05, 0) is 37.7 Å². The van der Waals surface area contributed by atoms with Crippen LogP contribution in [-0.2, 0) is 4.74 Å². The van der Waals surface area contributed by atoms with E-state index in [-0.39, 0.29) is 0 Å². The second-order valence-corrected chi connectivity index (χ2v) is 7.33. The number of benzene rings is 1. The molecule has 2 aromatic heterocycles. The third-order valence-corrected chi connectivity index (χ3v) is 5.97. The topological polar surface area (TPSA) is 52.8 Å². The Labute approximate surface area is 144 Å². The van der Waals surface area contributed by atoms with Gasteiger partial charge in [0.15, 0.2) is 0 Å². The van der Waals surface area contributed by atoms with E-state index in [2.05, 4.69) is 38.4 Å². The summed E-state index contributed by atoms with van der Waals surface area (Å²) in [6.45, 7) is 2.02. The lowest BCUT2D eigenvalue weighted by Gasteiger charge is -2.22. The molecule has 3 aromatic rings. The summed E-state index contributed by atoms with van der Waals surface area (Å²) in [6, 6.07) is 10.7. The number of aryl methyl sites for hydroxylation is 1. The molecule has 24 heavy (non-hydrogen) atoms. The number of rotatable bonds is 3. The molecule has 2 fully saturated rings. The summed E-state index contributed by atoms with van der Waals surface area (Å²) in [7, 11) is 0. The fourth-order valence-corrected chi connectivity index (χ4v) is 4.70. The van der Waals surface area contributed by atoms with Gasteiger partial charge in [-0.3, -0.25) is 0 Å². The molecule has 3 atom stereocenters. The molecular weight excluding hydrogens is 320 g/mol. The minimum Gasteiger partial charge on any atom is -0.373 e. The van der Waals surface area contributed by atoms with Crippen LogP contribution in [0.3, 0.4) is 0 Å². The Balaban J connectivity index is 1.68. The molecule has 2 saturated heterocycles. The van der Waals surface area contributed by atoms with E-state index >= 15 is 0 Å². The number of nitrogens with zero attached hydrogens (tertiary/aromatic N) is 4. The lowest BCUT2D eigenvalue weighted by molar-refractivity contribution is 0.0940. The summed E-state index contributed by atoms with van der Waals surface area (Å²) in [5.41, 5.74) is 4.23. The summed E-state index contributed by atoms with van der Waals surface area (Å²) in [5.74, 6) is 0. The maximum Gasteiger partial charge on any atom is 0.0973 e. The molecule has 1 aromatic carbocycles. The van der Waals surface area contributed by atoms with Gasteiger partial charge in [0.25, 0.3) is 0 Å². The number of hydrogen-bond acceptors (Lipinski definition) is 5. The highest BCUT2D eigenvalue weighted by Crippen LogP contribution is 2.45. The van der Waals surface area contributed by atoms with E-state index in [1.54, 1.807) is 0 Å². The molecule has 2 aliphatic heterocycles. The number of hydrogen-bond donors (Lipinski definition) is 0. The third kappa shape index (κ3) is 2.13. The summed E-state index contributed by atoms with van der Waals surface area (Å²) in [6.07, 6.45) is 6.12. The largest absolute Gasteiger partial charge is 0.373 e. The van der Waals surface area contributed by atoms with Crippen molar-refractivity contribution in [3.05, 3.63) is 42.4 Å². The zero-order valence-corrected chi connectivity index (χ0v) is 14.2. The van der Waals surface area contributed by atoms with E-state index in [0.29, 0.717) is 18.2 Å². The Hall–Kier alpha value is -2.05. The van der Waals surface area contributed by atoms with Crippen LogP contribution in [-0.4, -0.2) is 31.3 Å². The van der Waals surface area contributed by atoms with Gasteiger partial charge in [-0.2, -0.15) is 0 Å². The van der Waals surface area contributed by atoms with Gasteiger partial charge in [0.1, 0.15) is 0 Å². The van der Waals surface area contributed by atoms with Crippen molar-refractivity contribution in [3.63, 3.8) is 0 Å². The van der Waals surface area contributed by atoms with Crippen LogP contribution >= 0.6 is 11.5 Å². The maximum atomic E-state index is 6.08. The highest BCUT2D eigenvalue weighted by atomic mass is 32.1. The molecule has 6 heteroatoms. The molecule has 2 bridgehead atoms. The maximum absolute atomic E-state index is 6.08. The van der Waals surface area contributed by atoms with Crippen molar-refractivity contribution in [2.24, 2.45) is 0 Å². The second kappa shape index (κ2) is 5.50. The average Bonchev–Trinajstić information content (AvgIpc) is 3.38. The molecule has 122 valence electrons. The number of aromatic nitrogens is 4. The first kappa shape index (κ1) is 14.3. The predicted octanol–water partition coefficient (Wildman–Crippen LogP) is 3.87. The fourth-order valence-electron chi connectivity index (χ4n) is 4.00. The quantitative estimate of drug-likeness (QED) is 0.727. The van der Waals surface area contributed by atoms with E-state index in [9.17, 15) is 0 Å². The van der Waals surface area contributed by atoms with Gasteiger partial charge in [0.2, 0.25) is 0 Å². The molecule has 0 spiro atoms. The van der Waals surface area contributed by atoms with E-state index in [4.69, 9.17) is 9.72 Å². The van der Waals surface area contributed by atoms with Crippen molar-refractivity contribution >= 4 is 11.5 Å². The van der Waals surface area contributed by atoms with Gasteiger partial charge in [0, 0.05) is 5.56 Å². The van der Waals surface area contributed by atoms with Crippen LogP contribution in [0.25, 0.3) is 21.8 Å². The van der Waals surface area contributed by atoms with Crippen molar-refractivity contribution in [2.45, 2.75) is 44.4 Å². The Morgan fingerprint density at radius 2 is 2.08 bits per heavy atom. The Bertz CT molecular complexity index is 872. The van der Waals surface area contributed by atoms with Crippen molar-refractivity contribution < 1.29 is 4.74 Å². The van der Waals surface area contributed by atoms with Crippen LogP contribution in [0.1, 0.15) is 31.0 Å². The van der Waals surface area contributed by atoms with Crippen LogP contribution < -0.4 is 0 Å². The molecular formula is C18H18N4OS. The summed E-state index contributed by atoms with van der Waals surface area (Å²) < 4.78 is 12.5. The molecule has 0 aliphatic carbocycles. The minimum atomic E-state index is 0.313. The summed E-state index contributed by atoms with van der Waals surface area (Å²) in [4.78, 5) is 5.88. The molecule has 0 radical (unpaired) electrons. The average molecular weight is 338 g/mol.